The molecule has 0 saturated carbocycles. The molecular formula is C16H22O5. The Bertz CT molecular complexity index is 524. The van der Waals surface area contributed by atoms with Crippen LogP contribution >= 0.6 is 0 Å². The van der Waals surface area contributed by atoms with Crippen LogP contribution < -0.4 is 9.47 Å². The Hall–Kier alpha value is -1.75. The molecule has 0 aromatic heterocycles. The number of rotatable bonds is 5. The fourth-order valence-corrected chi connectivity index (χ4v) is 2.87. The van der Waals surface area contributed by atoms with E-state index in [1.807, 2.05) is 0 Å². The third-order valence-electron chi connectivity index (χ3n) is 3.82. The van der Waals surface area contributed by atoms with Crippen LogP contribution in [0.4, 0.5) is 0 Å². The van der Waals surface area contributed by atoms with Crippen LogP contribution in [-0.2, 0) is 22.4 Å². The Morgan fingerprint density at radius 1 is 1.24 bits per heavy atom. The van der Waals surface area contributed by atoms with Crippen molar-refractivity contribution in [3.05, 3.63) is 22.8 Å². The Labute approximate surface area is 124 Å². The van der Waals surface area contributed by atoms with Crippen molar-refractivity contribution >= 4 is 5.97 Å². The van der Waals surface area contributed by atoms with Gasteiger partial charge in [-0.25, -0.2) is 4.79 Å². The van der Waals surface area contributed by atoms with Crippen molar-refractivity contribution in [1.82, 2.24) is 0 Å². The second-order valence-electron chi connectivity index (χ2n) is 5.02. The fraction of sp³-hybridized carbons (Fsp3) is 0.562. The van der Waals surface area contributed by atoms with Gasteiger partial charge in [0.2, 0.25) is 0 Å². The Morgan fingerprint density at radius 2 is 1.90 bits per heavy atom. The second-order valence-corrected chi connectivity index (χ2v) is 5.02. The molecule has 1 aliphatic rings. The first-order valence-electron chi connectivity index (χ1n) is 7.25. The van der Waals surface area contributed by atoms with Gasteiger partial charge in [0.15, 0.2) is 6.10 Å². The lowest BCUT2D eigenvalue weighted by Gasteiger charge is -2.25. The average Bonchev–Trinajstić information content (AvgIpc) is 2.52. The first-order chi connectivity index (χ1) is 10.1. The van der Waals surface area contributed by atoms with Crippen molar-refractivity contribution in [2.45, 2.75) is 38.7 Å². The Morgan fingerprint density at radius 3 is 2.48 bits per heavy atom. The molecule has 0 heterocycles. The molecule has 1 unspecified atom stereocenters. The van der Waals surface area contributed by atoms with Gasteiger partial charge in [-0.15, -0.1) is 0 Å². The van der Waals surface area contributed by atoms with Gasteiger partial charge in [0.1, 0.15) is 11.5 Å². The van der Waals surface area contributed by atoms with Crippen LogP contribution in [-0.4, -0.2) is 31.9 Å². The molecule has 0 fully saturated rings. The lowest BCUT2D eigenvalue weighted by Crippen LogP contribution is -2.18. The summed E-state index contributed by atoms with van der Waals surface area (Å²) in [5.41, 5.74) is 2.55. The molecule has 1 aromatic carbocycles. The lowest BCUT2D eigenvalue weighted by atomic mass is 9.87. The molecule has 0 radical (unpaired) electrons. The molecule has 1 aromatic rings. The highest BCUT2D eigenvalue weighted by molar-refractivity contribution is 5.78. The van der Waals surface area contributed by atoms with Crippen LogP contribution in [0.15, 0.2) is 6.07 Å². The minimum atomic E-state index is -1.36. The molecule has 2 rings (SSSR count). The van der Waals surface area contributed by atoms with Crippen molar-refractivity contribution in [2.75, 3.05) is 20.8 Å². The standard InChI is InChI=1S/C16H22O5/c1-4-21-16(18)14(17)12-9-13(19-2)10-7-5-6-8-11(10)15(12)20-3/h9,14,17H,4-8H2,1-3H3. The molecule has 0 amide bonds. The van der Waals surface area contributed by atoms with E-state index in [0.29, 0.717) is 17.1 Å². The minimum Gasteiger partial charge on any atom is -0.496 e. The van der Waals surface area contributed by atoms with Gasteiger partial charge < -0.3 is 19.3 Å². The monoisotopic (exact) mass is 294 g/mol. The molecule has 1 aliphatic carbocycles. The van der Waals surface area contributed by atoms with Crippen LogP contribution in [0.3, 0.4) is 0 Å². The highest BCUT2D eigenvalue weighted by atomic mass is 16.5. The fourth-order valence-electron chi connectivity index (χ4n) is 2.87. The topological polar surface area (TPSA) is 65.0 Å². The van der Waals surface area contributed by atoms with Gasteiger partial charge >= 0.3 is 5.97 Å². The van der Waals surface area contributed by atoms with E-state index < -0.39 is 12.1 Å². The first-order valence-corrected chi connectivity index (χ1v) is 7.25. The zero-order valence-corrected chi connectivity index (χ0v) is 12.8. The molecule has 0 spiro atoms. The zero-order valence-electron chi connectivity index (χ0n) is 12.8. The summed E-state index contributed by atoms with van der Waals surface area (Å²) in [7, 11) is 3.15. The third-order valence-corrected chi connectivity index (χ3v) is 3.82. The Kier molecular flexibility index (Phi) is 5.07. The van der Waals surface area contributed by atoms with Crippen molar-refractivity contribution in [1.29, 1.82) is 0 Å². The normalized spacial score (nSPS) is 15.0. The SMILES string of the molecule is CCOC(=O)C(O)c1cc(OC)c2c(c1OC)CCCC2. The summed E-state index contributed by atoms with van der Waals surface area (Å²) in [6.45, 7) is 1.93. The zero-order chi connectivity index (χ0) is 15.4. The van der Waals surface area contributed by atoms with E-state index in [1.165, 1.54) is 0 Å². The molecule has 0 bridgehead atoms. The number of ether oxygens (including phenoxy) is 3. The summed E-state index contributed by atoms with van der Waals surface area (Å²) < 4.78 is 15.8. The molecule has 1 N–H and O–H groups in total. The highest BCUT2D eigenvalue weighted by Crippen LogP contribution is 2.41. The molecule has 5 heteroatoms. The number of esters is 1. The minimum absolute atomic E-state index is 0.223. The number of hydrogen-bond acceptors (Lipinski definition) is 5. The summed E-state index contributed by atoms with van der Waals surface area (Å²) in [6, 6.07) is 1.69. The van der Waals surface area contributed by atoms with Crippen LogP contribution in [0.1, 0.15) is 42.6 Å². The van der Waals surface area contributed by atoms with E-state index in [1.54, 1.807) is 27.2 Å². The predicted molar refractivity (Wildman–Crippen MR) is 77.8 cm³/mol. The largest absolute Gasteiger partial charge is 0.496 e. The lowest BCUT2D eigenvalue weighted by molar-refractivity contribution is -0.153. The van der Waals surface area contributed by atoms with Crippen LogP contribution in [0.2, 0.25) is 0 Å². The molecule has 5 nitrogen and oxygen atoms in total. The summed E-state index contributed by atoms with van der Waals surface area (Å²) in [4.78, 5) is 11.8. The van der Waals surface area contributed by atoms with Gasteiger partial charge in [0, 0.05) is 16.7 Å². The number of fused-ring (bicyclic) bond motifs is 1. The predicted octanol–water partition coefficient (Wildman–Crippen LogP) is 2.18. The van der Waals surface area contributed by atoms with E-state index in [4.69, 9.17) is 14.2 Å². The Balaban J connectivity index is 2.52. The summed E-state index contributed by atoms with van der Waals surface area (Å²) in [6.07, 6.45) is 2.58. The number of carbonyl (C=O) groups excluding carboxylic acids is 1. The van der Waals surface area contributed by atoms with Crippen LogP contribution in [0.25, 0.3) is 0 Å². The molecule has 21 heavy (non-hydrogen) atoms. The average molecular weight is 294 g/mol. The van der Waals surface area contributed by atoms with E-state index in [9.17, 15) is 9.90 Å². The van der Waals surface area contributed by atoms with E-state index in [-0.39, 0.29) is 6.61 Å². The van der Waals surface area contributed by atoms with E-state index in [2.05, 4.69) is 0 Å². The summed E-state index contributed by atoms with van der Waals surface area (Å²) in [5.74, 6) is 0.600. The number of methoxy groups -OCH3 is 2. The number of aliphatic hydroxyl groups excluding tert-OH is 1. The first kappa shape index (κ1) is 15.6. The maximum Gasteiger partial charge on any atom is 0.339 e. The summed E-state index contributed by atoms with van der Waals surface area (Å²) in [5, 5.41) is 10.2. The van der Waals surface area contributed by atoms with Gasteiger partial charge in [-0.1, -0.05) is 0 Å². The van der Waals surface area contributed by atoms with Crippen molar-refractivity contribution in [3.63, 3.8) is 0 Å². The van der Waals surface area contributed by atoms with Crippen molar-refractivity contribution in [3.8, 4) is 11.5 Å². The highest BCUT2D eigenvalue weighted by Gasteiger charge is 2.29. The molecule has 0 aliphatic heterocycles. The van der Waals surface area contributed by atoms with Crippen molar-refractivity contribution < 1.29 is 24.1 Å². The number of benzene rings is 1. The molecule has 116 valence electrons. The van der Waals surface area contributed by atoms with Crippen LogP contribution in [0.5, 0.6) is 11.5 Å². The van der Waals surface area contributed by atoms with Gasteiger partial charge in [-0.05, 0) is 38.7 Å². The number of hydrogen-bond donors (Lipinski definition) is 1. The van der Waals surface area contributed by atoms with Gasteiger partial charge in [-0.2, -0.15) is 0 Å². The quantitative estimate of drug-likeness (QED) is 0.843. The maximum atomic E-state index is 11.8. The molecular weight excluding hydrogens is 272 g/mol. The van der Waals surface area contributed by atoms with Crippen molar-refractivity contribution in [2.24, 2.45) is 0 Å². The number of aliphatic hydroxyl groups is 1. The van der Waals surface area contributed by atoms with E-state index >= 15 is 0 Å². The maximum absolute atomic E-state index is 11.8. The third kappa shape index (κ3) is 2.97. The van der Waals surface area contributed by atoms with Gasteiger partial charge in [0.25, 0.3) is 0 Å². The van der Waals surface area contributed by atoms with Gasteiger partial charge in [0.05, 0.1) is 20.8 Å². The summed E-state index contributed by atoms with van der Waals surface area (Å²) >= 11 is 0. The van der Waals surface area contributed by atoms with Crippen LogP contribution in [0, 0.1) is 0 Å². The molecule has 1 atom stereocenters. The molecule has 0 saturated heterocycles. The van der Waals surface area contributed by atoms with E-state index in [0.717, 1.165) is 36.8 Å². The van der Waals surface area contributed by atoms with Gasteiger partial charge in [-0.3, -0.25) is 0 Å². The smallest absolute Gasteiger partial charge is 0.339 e. The number of carbonyl (C=O) groups is 1. The second kappa shape index (κ2) is 6.80.